The summed E-state index contributed by atoms with van der Waals surface area (Å²) < 4.78 is 4.81. The van der Waals surface area contributed by atoms with Crippen LogP contribution in [0.3, 0.4) is 0 Å². The third-order valence-corrected chi connectivity index (χ3v) is 2.27. The van der Waals surface area contributed by atoms with Gasteiger partial charge in [0.2, 0.25) is 5.91 Å². The maximum atomic E-state index is 10.7. The number of carbonyl (C=O) groups is 1. The average Bonchev–Trinajstić information content (AvgIpc) is 2.18. The van der Waals surface area contributed by atoms with Crippen LogP contribution in [0.4, 0.5) is 0 Å². The van der Waals surface area contributed by atoms with Crippen molar-refractivity contribution in [2.75, 3.05) is 6.61 Å². The van der Waals surface area contributed by atoms with Crippen molar-refractivity contribution in [3.63, 3.8) is 0 Å². The van der Waals surface area contributed by atoms with Gasteiger partial charge < -0.3 is 30.5 Å². The molecule has 0 aromatic carbocycles. The Morgan fingerprint density at radius 3 is 2.40 bits per heavy atom. The number of amides is 1. The quantitative estimate of drug-likeness (QED) is 0.337. The SMILES string of the molecule is CC(=O)NC1[C@@H](O)[C@@H](O)[C@@H](CO)O[C@@H]1O. The molecule has 1 unspecified atom stereocenters. The highest BCUT2D eigenvalue weighted by atomic mass is 16.6. The summed E-state index contributed by atoms with van der Waals surface area (Å²) in [7, 11) is 0. The number of carbonyl (C=O) groups excluding carboxylic acids is 1. The molecule has 0 aromatic heterocycles. The molecule has 1 heterocycles. The third kappa shape index (κ3) is 2.64. The number of hydrogen-bond acceptors (Lipinski definition) is 6. The van der Waals surface area contributed by atoms with Crippen LogP contribution in [0.25, 0.3) is 0 Å². The van der Waals surface area contributed by atoms with E-state index in [2.05, 4.69) is 5.32 Å². The summed E-state index contributed by atoms with van der Waals surface area (Å²) >= 11 is 0. The molecule has 5 atom stereocenters. The Bertz CT molecular complexity index is 235. The van der Waals surface area contributed by atoms with Crippen LogP contribution in [0.2, 0.25) is 0 Å². The third-order valence-electron chi connectivity index (χ3n) is 2.27. The summed E-state index contributed by atoms with van der Waals surface area (Å²) in [6, 6.07) is -1.10. The molecule has 1 aliphatic heterocycles. The van der Waals surface area contributed by atoms with E-state index < -0.39 is 43.2 Å². The summed E-state index contributed by atoms with van der Waals surface area (Å²) in [5.41, 5.74) is 0. The van der Waals surface area contributed by atoms with Crippen LogP contribution in [0.15, 0.2) is 0 Å². The van der Waals surface area contributed by atoms with Crippen molar-refractivity contribution in [1.82, 2.24) is 5.32 Å². The van der Waals surface area contributed by atoms with Crippen LogP contribution in [0, 0.1) is 0 Å². The Balaban J connectivity index is 2.70. The predicted octanol–water partition coefficient (Wildman–Crippen LogP) is -3.08. The van der Waals surface area contributed by atoms with E-state index in [1.807, 2.05) is 0 Å². The summed E-state index contributed by atoms with van der Waals surface area (Å²) in [5, 5.41) is 39.4. The van der Waals surface area contributed by atoms with E-state index in [0.29, 0.717) is 0 Å². The van der Waals surface area contributed by atoms with Gasteiger partial charge >= 0.3 is 0 Å². The first-order chi connectivity index (χ1) is 6.97. The molecule has 0 aromatic rings. The molecule has 5 N–H and O–H groups in total. The minimum Gasteiger partial charge on any atom is -0.394 e. The van der Waals surface area contributed by atoms with Crippen molar-refractivity contribution in [2.24, 2.45) is 0 Å². The molecule has 1 saturated heterocycles. The first-order valence-electron chi connectivity index (χ1n) is 4.55. The molecule has 7 nitrogen and oxygen atoms in total. The van der Waals surface area contributed by atoms with Crippen LogP contribution in [0.1, 0.15) is 6.92 Å². The van der Waals surface area contributed by atoms with Gasteiger partial charge in [0, 0.05) is 6.92 Å². The molecule has 1 fully saturated rings. The molecule has 0 spiro atoms. The largest absolute Gasteiger partial charge is 0.394 e. The number of hydrogen-bond donors (Lipinski definition) is 5. The zero-order valence-electron chi connectivity index (χ0n) is 8.20. The van der Waals surface area contributed by atoms with Crippen LogP contribution >= 0.6 is 0 Å². The molecule has 88 valence electrons. The lowest BCUT2D eigenvalue weighted by molar-refractivity contribution is -0.253. The lowest BCUT2D eigenvalue weighted by Crippen LogP contribution is -2.63. The number of aliphatic hydroxyl groups is 4. The van der Waals surface area contributed by atoms with Crippen LogP contribution < -0.4 is 5.32 Å². The molecule has 1 rings (SSSR count). The van der Waals surface area contributed by atoms with Crippen molar-refractivity contribution in [3.8, 4) is 0 Å². The topological polar surface area (TPSA) is 119 Å². The Kier molecular flexibility index (Phi) is 4.00. The van der Waals surface area contributed by atoms with Gasteiger partial charge in [-0.15, -0.1) is 0 Å². The Morgan fingerprint density at radius 1 is 1.33 bits per heavy atom. The van der Waals surface area contributed by atoms with E-state index in [0.717, 1.165) is 0 Å². The fourth-order valence-corrected chi connectivity index (χ4v) is 1.49. The normalized spacial score (nSPS) is 41.3. The minimum atomic E-state index is -1.45. The minimum absolute atomic E-state index is 0.462. The summed E-state index contributed by atoms with van der Waals surface area (Å²) in [4.78, 5) is 10.7. The highest BCUT2D eigenvalue weighted by molar-refractivity contribution is 5.73. The van der Waals surface area contributed by atoms with Gasteiger partial charge in [-0.05, 0) is 0 Å². The molecule has 0 radical (unpaired) electrons. The highest BCUT2D eigenvalue weighted by Gasteiger charge is 2.43. The van der Waals surface area contributed by atoms with E-state index in [1.165, 1.54) is 6.92 Å². The lowest BCUT2D eigenvalue weighted by Gasteiger charge is -2.40. The van der Waals surface area contributed by atoms with Crippen LogP contribution in [-0.4, -0.2) is 63.6 Å². The molecular formula is C8H15NO6. The zero-order valence-corrected chi connectivity index (χ0v) is 8.20. The van der Waals surface area contributed by atoms with E-state index in [4.69, 9.17) is 9.84 Å². The smallest absolute Gasteiger partial charge is 0.217 e. The first-order valence-corrected chi connectivity index (χ1v) is 4.55. The maximum Gasteiger partial charge on any atom is 0.217 e. The molecule has 1 aliphatic rings. The van der Waals surface area contributed by atoms with E-state index in [9.17, 15) is 20.1 Å². The summed E-state index contributed by atoms with van der Waals surface area (Å²) in [6.07, 6.45) is -5.24. The van der Waals surface area contributed by atoms with Crippen molar-refractivity contribution >= 4 is 5.91 Å². The van der Waals surface area contributed by atoms with E-state index in [1.54, 1.807) is 0 Å². The molecule has 0 bridgehead atoms. The first kappa shape index (κ1) is 12.3. The molecule has 7 heteroatoms. The van der Waals surface area contributed by atoms with Crippen LogP contribution in [-0.2, 0) is 9.53 Å². The number of nitrogens with one attached hydrogen (secondary N) is 1. The van der Waals surface area contributed by atoms with Gasteiger partial charge in [0.25, 0.3) is 0 Å². The predicted molar refractivity (Wildman–Crippen MR) is 47.6 cm³/mol. The van der Waals surface area contributed by atoms with Crippen molar-refractivity contribution < 1.29 is 30.0 Å². The van der Waals surface area contributed by atoms with Gasteiger partial charge in [-0.1, -0.05) is 0 Å². The summed E-state index contributed by atoms with van der Waals surface area (Å²) in [6.45, 7) is 0.687. The molecule has 15 heavy (non-hydrogen) atoms. The highest BCUT2D eigenvalue weighted by Crippen LogP contribution is 2.19. The average molecular weight is 221 g/mol. The molecular weight excluding hydrogens is 206 g/mol. The molecule has 0 saturated carbocycles. The monoisotopic (exact) mass is 221 g/mol. The van der Waals surface area contributed by atoms with Gasteiger partial charge in [0.1, 0.15) is 24.4 Å². The second-order valence-electron chi connectivity index (χ2n) is 3.46. The maximum absolute atomic E-state index is 10.7. The lowest BCUT2D eigenvalue weighted by atomic mass is 9.97. The Morgan fingerprint density at radius 2 is 1.93 bits per heavy atom. The van der Waals surface area contributed by atoms with E-state index >= 15 is 0 Å². The van der Waals surface area contributed by atoms with Gasteiger partial charge in [0.15, 0.2) is 6.29 Å². The summed E-state index contributed by atoms with van der Waals surface area (Å²) in [5.74, 6) is -0.462. The van der Waals surface area contributed by atoms with E-state index in [-0.39, 0.29) is 0 Å². The van der Waals surface area contributed by atoms with Gasteiger partial charge in [-0.2, -0.15) is 0 Å². The van der Waals surface area contributed by atoms with Crippen LogP contribution in [0.5, 0.6) is 0 Å². The number of ether oxygens (including phenoxy) is 1. The van der Waals surface area contributed by atoms with Gasteiger partial charge in [-0.25, -0.2) is 0 Å². The van der Waals surface area contributed by atoms with Gasteiger partial charge in [0.05, 0.1) is 6.61 Å². The fraction of sp³-hybridized carbons (Fsp3) is 0.875. The Hall–Kier alpha value is -0.730. The molecule has 1 amide bonds. The fourth-order valence-electron chi connectivity index (χ4n) is 1.49. The van der Waals surface area contributed by atoms with Gasteiger partial charge in [-0.3, -0.25) is 4.79 Å². The van der Waals surface area contributed by atoms with Crippen molar-refractivity contribution in [3.05, 3.63) is 0 Å². The zero-order chi connectivity index (χ0) is 11.6. The number of rotatable bonds is 2. The Labute approximate surface area is 86.3 Å². The second kappa shape index (κ2) is 4.86. The number of aliphatic hydroxyl groups excluding tert-OH is 4. The standard InChI is InChI=1S/C8H15NO6/c1-3(11)9-5-7(13)6(12)4(2-10)15-8(5)14/h4-8,10,12-14H,2H2,1H3,(H,9,11)/t4-,5?,6+,7-,8+/m1/s1. The second-order valence-corrected chi connectivity index (χ2v) is 3.46. The molecule has 0 aliphatic carbocycles. The van der Waals surface area contributed by atoms with Crippen molar-refractivity contribution in [2.45, 2.75) is 37.6 Å². The van der Waals surface area contributed by atoms with Crippen molar-refractivity contribution in [1.29, 1.82) is 0 Å².